The summed E-state index contributed by atoms with van der Waals surface area (Å²) in [7, 11) is 0. The van der Waals surface area contributed by atoms with Gasteiger partial charge in [0.25, 0.3) is 5.91 Å². The van der Waals surface area contributed by atoms with Gasteiger partial charge < -0.3 is 5.32 Å². The number of amides is 1. The lowest BCUT2D eigenvalue weighted by Crippen LogP contribution is -2.25. The summed E-state index contributed by atoms with van der Waals surface area (Å²) < 4.78 is 38.0. The second-order valence-electron chi connectivity index (χ2n) is 6.06. The topological polar surface area (TPSA) is 54.9 Å². The first kappa shape index (κ1) is 20.2. The van der Waals surface area contributed by atoms with Crippen molar-refractivity contribution in [1.82, 2.24) is 15.3 Å². The Balaban J connectivity index is 1.79. The van der Waals surface area contributed by atoms with Crippen molar-refractivity contribution in [3.8, 4) is 0 Å². The summed E-state index contributed by atoms with van der Waals surface area (Å²) in [5, 5.41) is 2.57. The molecule has 0 bridgehead atoms. The highest BCUT2D eigenvalue weighted by Crippen LogP contribution is 2.34. The van der Waals surface area contributed by atoms with Crippen molar-refractivity contribution in [2.45, 2.75) is 38.4 Å². The van der Waals surface area contributed by atoms with E-state index in [0.29, 0.717) is 12.6 Å². The van der Waals surface area contributed by atoms with Crippen molar-refractivity contribution in [3.63, 3.8) is 0 Å². The van der Waals surface area contributed by atoms with Crippen LogP contribution in [0.2, 0.25) is 15.2 Å². The van der Waals surface area contributed by atoms with Gasteiger partial charge in [0.15, 0.2) is 0 Å². The van der Waals surface area contributed by atoms with E-state index in [4.69, 9.17) is 34.8 Å². The summed E-state index contributed by atoms with van der Waals surface area (Å²) >= 11 is 18.3. The smallest absolute Gasteiger partial charge is 0.346 e. The van der Waals surface area contributed by atoms with Crippen molar-refractivity contribution >= 4 is 40.7 Å². The van der Waals surface area contributed by atoms with Crippen LogP contribution >= 0.6 is 34.8 Å². The maximum absolute atomic E-state index is 12.7. The highest BCUT2D eigenvalue weighted by Gasteiger charge is 2.31. The van der Waals surface area contributed by atoms with E-state index in [1.807, 2.05) is 0 Å². The summed E-state index contributed by atoms with van der Waals surface area (Å²) in [5.74, 6) is -0.594. The fourth-order valence-corrected chi connectivity index (χ4v) is 3.80. The molecule has 0 aromatic carbocycles. The molecular weight excluding hydrogens is 426 g/mol. The van der Waals surface area contributed by atoms with Crippen LogP contribution in [0.15, 0.2) is 12.3 Å². The minimum Gasteiger partial charge on any atom is -0.346 e. The molecule has 2 heterocycles. The number of hydrogen-bond acceptors (Lipinski definition) is 3. The molecule has 10 heteroatoms. The molecule has 2 aromatic rings. The number of nitrogens with one attached hydrogen (secondary N) is 1. The van der Waals surface area contributed by atoms with Crippen LogP contribution in [0.3, 0.4) is 0 Å². The standard InChI is InChI=1S/C17H13Cl3F3N3O/c18-10-5-8(17(21,22)23)6-24-12(10)7-25-16(27)13-14(19)9-3-1-2-4-11(9)26-15(13)20/h5-6H,1-4,7H2,(H,25,27). The molecule has 0 saturated carbocycles. The predicted octanol–water partition coefficient (Wildman–Crippen LogP) is 5.26. The van der Waals surface area contributed by atoms with E-state index >= 15 is 0 Å². The number of aromatic nitrogens is 2. The molecule has 1 amide bonds. The molecule has 1 aliphatic rings. The molecule has 2 aromatic heterocycles. The number of pyridine rings is 2. The second-order valence-corrected chi connectivity index (χ2v) is 7.20. The number of halogens is 6. The van der Waals surface area contributed by atoms with Gasteiger partial charge in [-0.15, -0.1) is 0 Å². The monoisotopic (exact) mass is 437 g/mol. The number of aryl methyl sites for hydroxylation is 1. The lowest BCUT2D eigenvalue weighted by atomic mass is 9.95. The summed E-state index contributed by atoms with van der Waals surface area (Å²) in [4.78, 5) is 20.4. The molecule has 0 spiro atoms. The number of rotatable bonds is 3. The Hall–Kier alpha value is -1.57. The molecular formula is C17H13Cl3F3N3O. The Bertz CT molecular complexity index is 903. The van der Waals surface area contributed by atoms with Gasteiger partial charge in [0.2, 0.25) is 0 Å². The van der Waals surface area contributed by atoms with Gasteiger partial charge in [0.05, 0.1) is 33.4 Å². The van der Waals surface area contributed by atoms with Crippen LogP contribution in [0, 0.1) is 0 Å². The van der Waals surface area contributed by atoms with Gasteiger partial charge in [0.1, 0.15) is 5.15 Å². The number of nitrogens with zero attached hydrogens (tertiary/aromatic N) is 2. The molecule has 0 saturated heterocycles. The van der Waals surface area contributed by atoms with E-state index in [0.717, 1.165) is 36.6 Å². The van der Waals surface area contributed by atoms with E-state index in [1.165, 1.54) is 0 Å². The Morgan fingerprint density at radius 3 is 2.56 bits per heavy atom. The number of hydrogen-bond donors (Lipinski definition) is 1. The zero-order chi connectivity index (χ0) is 19.8. The minimum absolute atomic E-state index is 0.00961. The molecule has 0 fully saturated rings. The van der Waals surface area contributed by atoms with Crippen molar-refractivity contribution in [2.24, 2.45) is 0 Å². The summed E-state index contributed by atoms with van der Waals surface area (Å²) in [6.45, 7) is -0.181. The number of carbonyl (C=O) groups is 1. The predicted molar refractivity (Wildman–Crippen MR) is 96.3 cm³/mol. The third-order valence-electron chi connectivity index (χ3n) is 4.25. The van der Waals surface area contributed by atoms with Gasteiger partial charge in [-0.25, -0.2) is 4.98 Å². The van der Waals surface area contributed by atoms with E-state index < -0.39 is 17.6 Å². The van der Waals surface area contributed by atoms with Gasteiger partial charge in [-0.3, -0.25) is 9.78 Å². The van der Waals surface area contributed by atoms with Crippen LogP contribution in [-0.4, -0.2) is 15.9 Å². The Kier molecular flexibility index (Phi) is 5.84. The van der Waals surface area contributed by atoms with Crippen molar-refractivity contribution < 1.29 is 18.0 Å². The maximum atomic E-state index is 12.7. The molecule has 0 radical (unpaired) electrons. The fraction of sp³-hybridized carbons (Fsp3) is 0.353. The Labute approximate surface area is 168 Å². The molecule has 3 rings (SSSR count). The van der Waals surface area contributed by atoms with Crippen LogP contribution in [0.4, 0.5) is 13.2 Å². The average Bonchev–Trinajstić information content (AvgIpc) is 2.59. The van der Waals surface area contributed by atoms with Crippen molar-refractivity contribution in [3.05, 3.63) is 55.5 Å². The van der Waals surface area contributed by atoms with E-state index in [-0.39, 0.29) is 33.0 Å². The first-order valence-corrected chi connectivity index (χ1v) is 9.18. The molecule has 144 valence electrons. The van der Waals surface area contributed by atoms with Crippen molar-refractivity contribution in [1.29, 1.82) is 0 Å². The summed E-state index contributed by atoms with van der Waals surface area (Å²) in [6, 6.07) is 0.760. The first-order chi connectivity index (χ1) is 12.7. The van der Waals surface area contributed by atoms with Crippen LogP contribution in [-0.2, 0) is 25.6 Å². The molecule has 1 N–H and O–H groups in total. The average molecular weight is 439 g/mol. The zero-order valence-corrected chi connectivity index (χ0v) is 16.0. The minimum atomic E-state index is -4.55. The largest absolute Gasteiger partial charge is 0.417 e. The quantitative estimate of drug-likeness (QED) is 0.665. The molecule has 27 heavy (non-hydrogen) atoms. The van der Waals surface area contributed by atoms with Gasteiger partial charge >= 0.3 is 6.18 Å². The van der Waals surface area contributed by atoms with Crippen molar-refractivity contribution in [2.75, 3.05) is 0 Å². The lowest BCUT2D eigenvalue weighted by Gasteiger charge is -2.19. The van der Waals surface area contributed by atoms with Gasteiger partial charge in [-0.05, 0) is 37.3 Å². The van der Waals surface area contributed by atoms with E-state index in [2.05, 4.69) is 15.3 Å². The number of carbonyl (C=O) groups excluding carboxylic acids is 1. The normalized spacial score (nSPS) is 14.0. The zero-order valence-electron chi connectivity index (χ0n) is 13.8. The second kappa shape index (κ2) is 7.81. The summed E-state index contributed by atoms with van der Waals surface area (Å²) in [5.41, 5.74) is 0.772. The van der Waals surface area contributed by atoms with Gasteiger partial charge in [-0.2, -0.15) is 13.2 Å². The first-order valence-electron chi connectivity index (χ1n) is 8.05. The number of fused-ring (bicyclic) bond motifs is 1. The van der Waals surface area contributed by atoms with E-state index in [1.54, 1.807) is 0 Å². The third kappa shape index (κ3) is 4.31. The van der Waals surface area contributed by atoms with Crippen LogP contribution < -0.4 is 5.32 Å². The van der Waals surface area contributed by atoms with E-state index in [9.17, 15) is 18.0 Å². The summed E-state index contributed by atoms with van der Waals surface area (Å²) in [6.07, 6.45) is -0.493. The highest BCUT2D eigenvalue weighted by atomic mass is 35.5. The fourth-order valence-electron chi connectivity index (χ4n) is 2.86. The SMILES string of the molecule is O=C(NCc1ncc(C(F)(F)F)cc1Cl)c1c(Cl)nc2c(c1Cl)CCCC2. The lowest BCUT2D eigenvalue weighted by molar-refractivity contribution is -0.137. The molecule has 0 atom stereocenters. The Morgan fingerprint density at radius 1 is 1.19 bits per heavy atom. The molecule has 4 nitrogen and oxygen atoms in total. The Morgan fingerprint density at radius 2 is 1.89 bits per heavy atom. The highest BCUT2D eigenvalue weighted by molar-refractivity contribution is 6.39. The number of alkyl halides is 3. The van der Waals surface area contributed by atoms with Gasteiger partial charge in [0, 0.05) is 11.9 Å². The maximum Gasteiger partial charge on any atom is 0.417 e. The molecule has 0 aliphatic heterocycles. The third-order valence-corrected chi connectivity index (χ3v) is 5.27. The molecule has 1 aliphatic carbocycles. The van der Waals surface area contributed by atoms with Gasteiger partial charge in [-0.1, -0.05) is 34.8 Å². The van der Waals surface area contributed by atoms with Crippen LogP contribution in [0.5, 0.6) is 0 Å². The van der Waals surface area contributed by atoms with Crippen LogP contribution in [0.25, 0.3) is 0 Å². The van der Waals surface area contributed by atoms with Crippen LogP contribution in [0.1, 0.15) is 45.7 Å². The molecule has 0 unspecified atom stereocenters.